The fraction of sp³-hybridized carbons (Fsp3) is 0.500. The van der Waals surface area contributed by atoms with E-state index in [0.717, 1.165) is 5.56 Å². The lowest BCUT2D eigenvalue weighted by atomic mass is 10.2. The predicted molar refractivity (Wildman–Crippen MR) is 38.9 cm³/mol. The average Bonchev–Trinajstić information content (AvgIpc) is 2.34. The van der Waals surface area contributed by atoms with E-state index in [1.807, 2.05) is 20.2 Å². The molecule has 10 heavy (non-hydrogen) atoms. The summed E-state index contributed by atoms with van der Waals surface area (Å²) in [5.41, 5.74) is 3.74. The highest BCUT2D eigenvalue weighted by atomic mass is 15.3. The summed E-state index contributed by atoms with van der Waals surface area (Å²) >= 11 is 0. The molecule has 0 aliphatic heterocycles. The lowest BCUT2D eigenvalue weighted by Gasteiger charge is -2.04. The van der Waals surface area contributed by atoms with Crippen LogP contribution in [0.5, 0.6) is 0 Å². The van der Waals surface area contributed by atoms with Gasteiger partial charge >= 0.3 is 0 Å². The number of aryl methyl sites for hydroxylation is 1. The molecule has 1 aromatic heterocycles. The number of nitrogens with one attached hydrogen (secondary N) is 1. The van der Waals surface area contributed by atoms with Crippen LogP contribution in [0, 0.1) is 0 Å². The van der Waals surface area contributed by atoms with Gasteiger partial charge in [-0.05, 0) is 6.92 Å². The molecule has 0 saturated heterocycles. The standard InChI is InChI=1S/C6H12N4/c1-5(9-7)6-3-8-10(2)4-6/h3-5,9H,7H2,1-2H3/t5-/m0/s1. The molecule has 0 saturated carbocycles. The Bertz CT molecular complexity index is 205. The number of hydrogen-bond donors (Lipinski definition) is 2. The fourth-order valence-corrected chi connectivity index (χ4v) is 0.760. The maximum Gasteiger partial charge on any atom is 0.0537 e. The first kappa shape index (κ1) is 7.24. The molecule has 0 bridgehead atoms. The first-order chi connectivity index (χ1) is 4.74. The second-order valence-electron chi connectivity index (χ2n) is 2.34. The number of nitrogens with two attached hydrogens (primary N) is 1. The second-order valence-corrected chi connectivity index (χ2v) is 2.34. The van der Waals surface area contributed by atoms with Gasteiger partial charge in [0, 0.05) is 24.8 Å². The van der Waals surface area contributed by atoms with Gasteiger partial charge in [0.1, 0.15) is 0 Å². The van der Waals surface area contributed by atoms with E-state index < -0.39 is 0 Å². The summed E-state index contributed by atoms with van der Waals surface area (Å²) in [6.45, 7) is 1.98. The molecule has 0 spiro atoms. The number of hydrazine groups is 1. The molecule has 1 atom stereocenters. The summed E-state index contributed by atoms with van der Waals surface area (Å²) in [6, 6.07) is 0.175. The van der Waals surface area contributed by atoms with Crippen molar-refractivity contribution >= 4 is 0 Å². The Morgan fingerprint density at radius 2 is 2.50 bits per heavy atom. The molecule has 0 aliphatic carbocycles. The van der Waals surface area contributed by atoms with Gasteiger partial charge in [-0.1, -0.05) is 0 Å². The smallest absolute Gasteiger partial charge is 0.0537 e. The van der Waals surface area contributed by atoms with Gasteiger partial charge in [-0.15, -0.1) is 0 Å². The van der Waals surface area contributed by atoms with Crippen molar-refractivity contribution in [1.29, 1.82) is 0 Å². The molecule has 0 amide bonds. The van der Waals surface area contributed by atoms with E-state index in [0.29, 0.717) is 0 Å². The van der Waals surface area contributed by atoms with Crippen molar-refractivity contribution in [2.45, 2.75) is 13.0 Å². The Balaban J connectivity index is 2.74. The van der Waals surface area contributed by atoms with Crippen LogP contribution in [0.3, 0.4) is 0 Å². The Kier molecular flexibility index (Phi) is 2.03. The van der Waals surface area contributed by atoms with Crippen molar-refractivity contribution in [2.24, 2.45) is 12.9 Å². The maximum atomic E-state index is 5.23. The fourth-order valence-electron chi connectivity index (χ4n) is 0.760. The third kappa shape index (κ3) is 1.34. The van der Waals surface area contributed by atoms with Gasteiger partial charge in [0.15, 0.2) is 0 Å². The van der Waals surface area contributed by atoms with Crippen molar-refractivity contribution in [3.63, 3.8) is 0 Å². The molecule has 0 fully saturated rings. The second kappa shape index (κ2) is 2.81. The Labute approximate surface area is 60.0 Å². The third-order valence-corrected chi connectivity index (χ3v) is 1.47. The van der Waals surface area contributed by atoms with Gasteiger partial charge in [-0.2, -0.15) is 5.10 Å². The van der Waals surface area contributed by atoms with Gasteiger partial charge in [-0.25, -0.2) is 0 Å². The van der Waals surface area contributed by atoms with E-state index in [2.05, 4.69) is 10.5 Å². The quantitative estimate of drug-likeness (QED) is 0.447. The molecule has 1 rings (SSSR count). The summed E-state index contributed by atoms with van der Waals surface area (Å²) in [7, 11) is 1.88. The van der Waals surface area contributed by atoms with Crippen LogP contribution < -0.4 is 11.3 Å². The monoisotopic (exact) mass is 140 g/mol. The van der Waals surface area contributed by atoms with E-state index in [4.69, 9.17) is 5.84 Å². The molecule has 3 N–H and O–H groups in total. The predicted octanol–water partition coefficient (Wildman–Crippen LogP) is -0.0556. The van der Waals surface area contributed by atoms with Crippen molar-refractivity contribution in [1.82, 2.24) is 15.2 Å². The number of nitrogens with zero attached hydrogens (tertiary/aromatic N) is 2. The van der Waals surface area contributed by atoms with Gasteiger partial charge < -0.3 is 0 Å². The van der Waals surface area contributed by atoms with Crippen LogP contribution in [0.15, 0.2) is 12.4 Å². The molecule has 4 nitrogen and oxygen atoms in total. The lowest BCUT2D eigenvalue weighted by Crippen LogP contribution is -2.25. The van der Waals surface area contributed by atoms with Crippen LogP contribution in [0.25, 0.3) is 0 Å². The minimum Gasteiger partial charge on any atom is -0.275 e. The number of aromatic nitrogens is 2. The van der Waals surface area contributed by atoms with Crippen molar-refractivity contribution in [3.05, 3.63) is 18.0 Å². The highest BCUT2D eigenvalue weighted by molar-refractivity contribution is 5.08. The van der Waals surface area contributed by atoms with Crippen LogP contribution in [0.2, 0.25) is 0 Å². The molecular weight excluding hydrogens is 128 g/mol. The van der Waals surface area contributed by atoms with Gasteiger partial charge in [0.25, 0.3) is 0 Å². The van der Waals surface area contributed by atoms with E-state index >= 15 is 0 Å². The third-order valence-electron chi connectivity index (χ3n) is 1.47. The minimum absolute atomic E-state index is 0.175. The number of hydrogen-bond acceptors (Lipinski definition) is 3. The molecule has 0 aromatic carbocycles. The van der Waals surface area contributed by atoms with Gasteiger partial charge in [-0.3, -0.25) is 16.0 Å². The molecule has 0 aliphatic rings. The molecule has 0 radical (unpaired) electrons. The molecule has 0 unspecified atom stereocenters. The van der Waals surface area contributed by atoms with Crippen molar-refractivity contribution in [3.8, 4) is 0 Å². The molecule has 1 heterocycles. The van der Waals surface area contributed by atoms with Crippen LogP contribution >= 0.6 is 0 Å². The summed E-state index contributed by atoms with van der Waals surface area (Å²) in [4.78, 5) is 0. The summed E-state index contributed by atoms with van der Waals surface area (Å²) in [6.07, 6.45) is 3.73. The van der Waals surface area contributed by atoms with E-state index in [9.17, 15) is 0 Å². The summed E-state index contributed by atoms with van der Waals surface area (Å²) in [5, 5.41) is 4.01. The first-order valence-corrected chi connectivity index (χ1v) is 3.18. The topological polar surface area (TPSA) is 55.9 Å². The van der Waals surface area contributed by atoms with Crippen LogP contribution in [0.1, 0.15) is 18.5 Å². The number of rotatable bonds is 2. The maximum absolute atomic E-state index is 5.23. The first-order valence-electron chi connectivity index (χ1n) is 3.18. The zero-order chi connectivity index (χ0) is 7.56. The molecule has 56 valence electrons. The van der Waals surface area contributed by atoms with Gasteiger partial charge in [0.05, 0.1) is 6.20 Å². The average molecular weight is 140 g/mol. The largest absolute Gasteiger partial charge is 0.275 e. The van der Waals surface area contributed by atoms with E-state index in [1.165, 1.54) is 0 Å². The molecule has 1 aromatic rings. The lowest BCUT2D eigenvalue weighted by molar-refractivity contribution is 0.601. The Hall–Kier alpha value is -0.870. The van der Waals surface area contributed by atoms with Gasteiger partial charge in [0.2, 0.25) is 0 Å². The van der Waals surface area contributed by atoms with Crippen molar-refractivity contribution in [2.75, 3.05) is 0 Å². The normalized spacial score (nSPS) is 13.5. The summed E-state index contributed by atoms with van der Waals surface area (Å²) < 4.78 is 1.75. The minimum atomic E-state index is 0.175. The van der Waals surface area contributed by atoms with E-state index in [1.54, 1.807) is 10.9 Å². The Morgan fingerprint density at radius 3 is 2.90 bits per heavy atom. The zero-order valence-electron chi connectivity index (χ0n) is 6.20. The van der Waals surface area contributed by atoms with Crippen molar-refractivity contribution < 1.29 is 0 Å². The summed E-state index contributed by atoms with van der Waals surface area (Å²) in [5.74, 6) is 5.23. The SMILES string of the molecule is C[C@H](NN)c1cnn(C)c1. The van der Waals surface area contributed by atoms with Crippen LogP contribution in [-0.2, 0) is 7.05 Å². The zero-order valence-corrected chi connectivity index (χ0v) is 6.20. The van der Waals surface area contributed by atoms with E-state index in [-0.39, 0.29) is 6.04 Å². The molecule has 4 heteroatoms. The van der Waals surface area contributed by atoms with Crippen LogP contribution in [-0.4, -0.2) is 9.78 Å². The van der Waals surface area contributed by atoms with Crippen LogP contribution in [0.4, 0.5) is 0 Å². The highest BCUT2D eigenvalue weighted by Gasteiger charge is 2.02. The Morgan fingerprint density at radius 1 is 1.80 bits per heavy atom. The highest BCUT2D eigenvalue weighted by Crippen LogP contribution is 2.07. The molecular formula is C6H12N4.